The highest BCUT2D eigenvalue weighted by Gasteiger charge is 2.14. The van der Waals surface area contributed by atoms with E-state index in [0.717, 1.165) is 24.2 Å². The van der Waals surface area contributed by atoms with E-state index in [1.165, 1.54) is 11.1 Å². The molecule has 4 heteroatoms. The Morgan fingerprint density at radius 2 is 1.73 bits per heavy atom. The van der Waals surface area contributed by atoms with Crippen molar-refractivity contribution in [2.75, 3.05) is 13.2 Å². The molecule has 0 aliphatic rings. The summed E-state index contributed by atoms with van der Waals surface area (Å²) in [6.07, 6.45) is 1.66. The van der Waals surface area contributed by atoms with Gasteiger partial charge in [0.2, 0.25) is 0 Å². The first kappa shape index (κ1) is 19.8. The SMILES string of the molecule is CCCc1ccc(OCCNC(=O)[C@@H](C)Oc2ccc(C)c(C)c2)cc1. The van der Waals surface area contributed by atoms with Crippen molar-refractivity contribution >= 4 is 5.91 Å². The average molecular weight is 355 g/mol. The van der Waals surface area contributed by atoms with Crippen LogP contribution < -0.4 is 14.8 Å². The van der Waals surface area contributed by atoms with Gasteiger partial charge in [0.05, 0.1) is 6.54 Å². The van der Waals surface area contributed by atoms with Gasteiger partial charge < -0.3 is 14.8 Å². The first-order valence-corrected chi connectivity index (χ1v) is 9.23. The van der Waals surface area contributed by atoms with Gasteiger partial charge in [0.25, 0.3) is 5.91 Å². The van der Waals surface area contributed by atoms with E-state index in [9.17, 15) is 4.79 Å². The Hall–Kier alpha value is -2.49. The molecule has 0 aliphatic heterocycles. The number of ether oxygens (including phenoxy) is 2. The molecule has 26 heavy (non-hydrogen) atoms. The van der Waals surface area contributed by atoms with Gasteiger partial charge in [0.1, 0.15) is 18.1 Å². The lowest BCUT2D eigenvalue weighted by Crippen LogP contribution is -2.38. The van der Waals surface area contributed by atoms with Gasteiger partial charge in [-0.15, -0.1) is 0 Å². The van der Waals surface area contributed by atoms with Crippen LogP contribution in [0.2, 0.25) is 0 Å². The number of nitrogens with one attached hydrogen (secondary N) is 1. The molecule has 1 N–H and O–H groups in total. The Labute approximate surface area is 156 Å². The predicted octanol–water partition coefficient (Wildman–Crippen LogP) is 4.22. The van der Waals surface area contributed by atoms with Crippen molar-refractivity contribution in [2.45, 2.75) is 46.6 Å². The van der Waals surface area contributed by atoms with Gasteiger partial charge in [-0.1, -0.05) is 31.5 Å². The maximum atomic E-state index is 12.1. The Bertz CT molecular complexity index is 710. The van der Waals surface area contributed by atoms with Gasteiger partial charge in [-0.2, -0.15) is 0 Å². The molecule has 0 fully saturated rings. The maximum Gasteiger partial charge on any atom is 0.260 e. The zero-order chi connectivity index (χ0) is 18.9. The number of rotatable bonds is 9. The number of benzene rings is 2. The van der Waals surface area contributed by atoms with Crippen molar-refractivity contribution in [3.05, 3.63) is 59.2 Å². The van der Waals surface area contributed by atoms with E-state index in [2.05, 4.69) is 24.4 Å². The summed E-state index contributed by atoms with van der Waals surface area (Å²) in [6.45, 7) is 8.85. The van der Waals surface area contributed by atoms with Crippen molar-refractivity contribution in [3.8, 4) is 11.5 Å². The number of amides is 1. The van der Waals surface area contributed by atoms with Gasteiger partial charge in [-0.05, 0) is 68.1 Å². The molecule has 0 unspecified atom stereocenters. The van der Waals surface area contributed by atoms with Crippen LogP contribution in [0.15, 0.2) is 42.5 Å². The first-order chi connectivity index (χ1) is 12.5. The van der Waals surface area contributed by atoms with Gasteiger partial charge in [0, 0.05) is 0 Å². The third-order valence-corrected chi connectivity index (χ3v) is 4.29. The molecular formula is C22H29NO3. The molecule has 0 bridgehead atoms. The summed E-state index contributed by atoms with van der Waals surface area (Å²) >= 11 is 0. The maximum absolute atomic E-state index is 12.1. The van der Waals surface area contributed by atoms with Crippen LogP contribution in [0, 0.1) is 13.8 Å². The second-order valence-electron chi connectivity index (χ2n) is 6.54. The number of aryl methyl sites for hydroxylation is 3. The van der Waals surface area contributed by atoms with E-state index >= 15 is 0 Å². The van der Waals surface area contributed by atoms with E-state index in [-0.39, 0.29) is 5.91 Å². The minimum absolute atomic E-state index is 0.148. The van der Waals surface area contributed by atoms with Crippen molar-refractivity contribution < 1.29 is 14.3 Å². The highest BCUT2D eigenvalue weighted by atomic mass is 16.5. The molecule has 1 atom stereocenters. The van der Waals surface area contributed by atoms with Crippen LogP contribution in [0.4, 0.5) is 0 Å². The third-order valence-electron chi connectivity index (χ3n) is 4.29. The zero-order valence-electron chi connectivity index (χ0n) is 16.2. The molecule has 4 nitrogen and oxygen atoms in total. The minimum Gasteiger partial charge on any atom is -0.492 e. The largest absolute Gasteiger partial charge is 0.492 e. The fourth-order valence-electron chi connectivity index (χ4n) is 2.57. The molecule has 0 aliphatic carbocycles. The second-order valence-corrected chi connectivity index (χ2v) is 6.54. The first-order valence-electron chi connectivity index (χ1n) is 9.23. The summed E-state index contributed by atoms with van der Waals surface area (Å²) < 4.78 is 11.4. The molecule has 2 rings (SSSR count). The highest BCUT2D eigenvalue weighted by Crippen LogP contribution is 2.17. The fourth-order valence-corrected chi connectivity index (χ4v) is 2.57. The Morgan fingerprint density at radius 3 is 2.38 bits per heavy atom. The molecule has 1 amide bonds. The quantitative estimate of drug-likeness (QED) is 0.685. The molecule has 0 radical (unpaired) electrons. The number of carbonyl (C=O) groups excluding carboxylic acids is 1. The lowest BCUT2D eigenvalue weighted by molar-refractivity contribution is -0.127. The van der Waals surface area contributed by atoms with Gasteiger partial charge in [-0.25, -0.2) is 0 Å². The topological polar surface area (TPSA) is 47.6 Å². The van der Waals surface area contributed by atoms with Crippen LogP contribution in [-0.2, 0) is 11.2 Å². The lowest BCUT2D eigenvalue weighted by atomic mass is 10.1. The monoisotopic (exact) mass is 355 g/mol. The van der Waals surface area contributed by atoms with E-state index in [1.807, 2.05) is 44.2 Å². The van der Waals surface area contributed by atoms with Gasteiger partial charge in [-0.3, -0.25) is 4.79 Å². The summed E-state index contributed by atoms with van der Waals surface area (Å²) in [5.74, 6) is 1.38. The van der Waals surface area contributed by atoms with Crippen LogP contribution >= 0.6 is 0 Å². The molecule has 0 heterocycles. The Morgan fingerprint density at radius 1 is 1.04 bits per heavy atom. The summed E-state index contributed by atoms with van der Waals surface area (Å²) in [6, 6.07) is 13.9. The molecule has 2 aromatic rings. The van der Waals surface area contributed by atoms with E-state index in [0.29, 0.717) is 18.9 Å². The van der Waals surface area contributed by atoms with Crippen LogP contribution in [0.1, 0.15) is 37.0 Å². The van der Waals surface area contributed by atoms with Gasteiger partial charge >= 0.3 is 0 Å². The molecule has 2 aromatic carbocycles. The van der Waals surface area contributed by atoms with Crippen molar-refractivity contribution in [1.29, 1.82) is 0 Å². The standard InChI is InChI=1S/C22H29NO3/c1-5-6-19-8-11-20(12-9-19)25-14-13-23-22(24)18(4)26-21-10-7-16(2)17(3)15-21/h7-12,15,18H,5-6,13-14H2,1-4H3,(H,23,24)/t18-/m1/s1. The summed E-state index contributed by atoms with van der Waals surface area (Å²) in [5, 5.41) is 2.84. The summed E-state index contributed by atoms with van der Waals surface area (Å²) in [7, 11) is 0. The zero-order valence-corrected chi connectivity index (χ0v) is 16.2. The van der Waals surface area contributed by atoms with Crippen LogP contribution in [0.3, 0.4) is 0 Å². The fraction of sp³-hybridized carbons (Fsp3) is 0.409. The second kappa shape index (κ2) is 9.85. The van der Waals surface area contributed by atoms with Crippen LogP contribution in [0.5, 0.6) is 11.5 Å². The lowest BCUT2D eigenvalue weighted by Gasteiger charge is -2.16. The van der Waals surface area contributed by atoms with Crippen molar-refractivity contribution in [2.24, 2.45) is 0 Å². The number of hydrogen-bond donors (Lipinski definition) is 1. The predicted molar refractivity (Wildman–Crippen MR) is 105 cm³/mol. The third kappa shape index (κ3) is 6.10. The smallest absolute Gasteiger partial charge is 0.260 e. The minimum atomic E-state index is -0.551. The molecule has 0 saturated heterocycles. The summed E-state index contributed by atoms with van der Waals surface area (Å²) in [5.41, 5.74) is 3.66. The Kier molecular flexibility index (Phi) is 7.52. The Balaban J connectivity index is 1.71. The number of carbonyl (C=O) groups is 1. The van der Waals surface area contributed by atoms with Crippen LogP contribution in [-0.4, -0.2) is 25.2 Å². The highest BCUT2D eigenvalue weighted by molar-refractivity contribution is 5.80. The molecule has 0 spiro atoms. The van der Waals surface area contributed by atoms with Crippen LogP contribution in [0.25, 0.3) is 0 Å². The van der Waals surface area contributed by atoms with E-state index in [1.54, 1.807) is 6.92 Å². The van der Waals surface area contributed by atoms with E-state index < -0.39 is 6.10 Å². The molecular weight excluding hydrogens is 326 g/mol. The van der Waals surface area contributed by atoms with E-state index in [4.69, 9.17) is 9.47 Å². The molecule has 0 saturated carbocycles. The summed E-state index contributed by atoms with van der Waals surface area (Å²) in [4.78, 5) is 12.1. The molecule has 140 valence electrons. The van der Waals surface area contributed by atoms with Crippen molar-refractivity contribution in [1.82, 2.24) is 5.32 Å². The van der Waals surface area contributed by atoms with Gasteiger partial charge in [0.15, 0.2) is 6.10 Å². The number of hydrogen-bond acceptors (Lipinski definition) is 3. The molecule has 0 aromatic heterocycles. The average Bonchev–Trinajstić information content (AvgIpc) is 2.63. The normalized spacial score (nSPS) is 11.7. The van der Waals surface area contributed by atoms with Crippen molar-refractivity contribution in [3.63, 3.8) is 0 Å².